The van der Waals surface area contributed by atoms with Gasteiger partial charge >= 0.3 is 0 Å². The zero-order chi connectivity index (χ0) is 19.3. The van der Waals surface area contributed by atoms with Gasteiger partial charge in [-0.1, -0.05) is 18.2 Å². The van der Waals surface area contributed by atoms with Gasteiger partial charge in [0.25, 0.3) is 0 Å². The van der Waals surface area contributed by atoms with E-state index >= 15 is 0 Å². The van der Waals surface area contributed by atoms with Gasteiger partial charge in [-0.2, -0.15) is 0 Å². The van der Waals surface area contributed by atoms with Crippen molar-refractivity contribution in [2.75, 3.05) is 26.7 Å². The third kappa shape index (κ3) is 5.06. The standard InChI is InChI=1S/C18H23FN4O2S2/c1-20-17(21-9-10-23-27(24,25)16-6-3-11-26-16)22-13-18(7-8-18)14-4-2-5-15(19)12-14/h2-6,11-12,23H,7-10,13H2,1H3,(H2,20,21,22). The summed E-state index contributed by atoms with van der Waals surface area (Å²) in [5.74, 6) is 0.368. The van der Waals surface area contributed by atoms with Gasteiger partial charge in [0, 0.05) is 32.1 Å². The molecule has 6 nitrogen and oxygen atoms in total. The van der Waals surface area contributed by atoms with Gasteiger partial charge < -0.3 is 10.6 Å². The largest absolute Gasteiger partial charge is 0.356 e. The van der Waals surface area contributed by atoms with Gasteiger partial charge in [-0.25, -0.2) is 17.5 Å². The van der Waals surface area contributed by atoms with Crippen LogP contribution in [0.3, 0.4) is 0 Å². The third-order valence-corrected chi connectivity index (χ3v) is 7.44. The summed E-state index contributed by atoms with van der Waals surface area (Å²) in [6.45, 7) is 1.30. The lowest BCUT2D eigenvalue weighted by molar-refractivity contribution is 0.582. The number of thiophene rings is 1. The summed E-state index contributed by atoms with van der Waals surface area (Å²) in [5, 5.41) is 8.08. The summed E-state index contributed by atoms with van der Waals surface area (Å²) >= 11 is 1.18. The highest BCUT2D eigenvalue weighted by Crippen LogP contribution is 2.47. The number of sulfonamides is 1. The molecule has 0 unspecified atom stereocenters. The first-order chi connectivity index (χ1) is 13.0. The number of halogens is 1. The Morgan fingerprint density at radius 2 is 2.04 bits per heavy atom. The minimum absolute atomic E-state index is 0.0551. The Balaban J connectivity index is 1.45. The average Bonchev–Trinajstić information content (AvgIpc) is 3.23. The smallest absolute Gasteiger partial charge is 0.250 e. The molecule has 9 heteroatoms. The van der Waals surface area contributed by atoms with Gasteiger partial charge in [0.15, 0.2) is 5.96 Å². The molecule has 0 atom stereocenters. The summed E-state index contributed by atoms with van der Waals surface area (Å²) < 4.78 is 40.4. The number of benzene rings is 1. The number of nitrogens with one attached hydrogen (secondary N) is 3. The van der Waals surface area contributed by atoms with E-state index in [0.29, 0.717) is 23.3 Å². The summed E-state index contributed by atoms with van der Waals surface area (Å²) in [4.78, 5) is 4.16. The van der Waals surface area contributed by atoms with Crippen molar-refractivity contribution in [1.29, 1.82) is 0 Å². The van der Waals surface area contributed by atoms with Crippen LogP contribution < -0.4 is 15.4 Å². The van der Waals surface area contributed by atoms with Crippen molar-refractivity contribution in [2.24, 2.45) is 4.99 Å². The Kier molecular flexibility index (Phi) is 6.13. The van der Waals surface area contributed by atoms with Crippen LogP contribution in [0.2, 0.25) is 0 Å². The van der Waals surface area contributed by atoms with Gasteiger partial charge in [0.05, 0.1) is 0 Å². The zero-order valence-corrected chi connectivity index (χ0v) is 16.7. The first kappa shape index (κ1) is 19.8. The van der Waals surface area contributed by atoms with Crippen LogP contribution in [-0.4, -0.2) is 41.1 Å². The van der Waals surface area contributed by atoms with E-state index in [0.717, 1.165) is 18.4 Å². The Bertz CT molecular complexity index is 894. The van der Waals surface area contributed by atoms with E-state index in [9.17, 15) is 12.8 Å². The molecule has 0 spiro atoms. The SMILES string of the molecule is CN=C(NCCNS(=O)(=O)c1cccs1)NCC1(c2cccc(F)c2)CC1. The molecule has 1 saturated carbocycles. The molecule has 146 valence electrons. The van der Waals surface area contributed by atoms with Crippen molar-refractivity contribution in [2.45, 2.75) is 22.5 Å². The fourth-order valence-electron chi connectivity index (χ4n) is 2.86. The second kappa shape index (κ2) is 8.37. The molecule has 0 saturated heterocycles. The lowest BCUT2D eigenvalue weighted by Crippen LogP contribution is -2.44. The molecule has 3 rings (SSSR count). The van der Waals surface area contributed by atoms with Crippen molar-refractivity contribution < 1.29 is 12.8 Å². The maximum absolute atomic E-state index is 13.5. The number of rotatable bonds is 8. The molecule has 1 fully saturated rings. The molecule has 1 aromatic carbocycles. The van der Waals surface area contributed by atoms with Gasteiger partial charge in [-0.15, -0.1) is 11.3 Å². The fraction of sp³-hybridized carbons (Fsp3) is 0.389. The first-order valence-electron chi connectivity index (χ1n) is 8.69. The zero-order valence-electron chi connectivity index (χ0n) is 15.0. The molecule has 27 heavy (non-hydrogen) atoms. The molecule has 1 heterocycles. The van der Waals surface area contributed by atoms with Crippen LogP contribution in [0.25, 0.3) is 0 Å². The van der Waals surface area contributed by atoms with Crippen LogP contribution in [0.5, 0.6) is 0 Å². The maximum Gasteiger partial charge on any atom is 0.250 e. The topological polar surface area (TPSA) is 82.6 Å². The molecule has 0 aliphatic heterocycles. The number of guanidine groups is 1. The summed E-state index contributed by atoms with van der Waals surface area (Å²) in [6.07, 6.45) is 2.00. The monoisotopic (exact) mass is 410 g/mol. The van der Waals surface area contributed by atoms with Crippen molar-refractivity contribution in [3.8, 4) is 0 Å². The third-order valence-electron chi connectivity index (χ3n) is 4.58. The lowest BCUT2D eigenvalue weighted by atomic mass is 9.96. The highest BCUT2D eigenvalue weighted by atomic mass is 32.2. The molecule has 0 amide bonds. The van der Waals surface area contributed by atoms with E-state index in [1.54, 1.807) is 36.7 Å². The second-order valence-corrected chi connectivity index (χ2v) is 9.41. The molecule has 3 N–H and O–H groups in total. The van der Waals surface area contributed by atoms with Crippen molar-refractivity contribution in [1.82, 2.24) is 15.4 Å². The predicted octanol–water partition coefficient (Wildman–Crippen LogP) is 2.06. The molecule has 0 radical (unpaired) electrons. The average molecular weight is 411 g/mol. The Hall–Kier alpha value is -1.97. The Labute approximate surface area is 163 Å². The van der Waals surface area contributed by atoms with Crippen molar-refractivity contribution in [3.63, 3.8) is 0 Å². The Morgan fingerprint density at radius 1 is 1.22 bits per heavy atom. The molecule has 2 aromatic rings. The number of nitrogens with zero attached hydrogens (tertiary/aromatic N) is 1. The van der Waals surface area contributed by atoms with Gasteiger partial charge in [-0.3, -0.25) is 4.99 Å². The van der Waals surface area contributed by atoms with Crippen LogP contribution in [0.1, 0.15) is 18.4 Å². The fourth-order valence-corrected chi connectivity index (χ4v) is 4.93. The highest BCUT2D eigenvalue weighted by Gasteiger charge is 2.44. The quantitative estimate of drug-likeness (QED) is 0.353. The van der Waals surface area contributed by atoms with Gasteiger partial charge in [-0.05, 0) is 42.0 Å². The van der Waals surface area contributed by atoms with Crippen LogP contribution in [0.4, 0.5) is 4.39 Å². The van der Waals surface area contributed by atoms with Gasteiger partial charge in [0.1, 0.15) is 10.0 Å². The first-order valence-corrected chi connectivity index (χ1v) is 11.1. The van der Waals surface area contributed by atoms with Crippen LogP contribution in [0.15, 0.2) is 51.0 Å². The summed E-state index contributed by atoms with van der Waals surface area (Å²) in [7, 11) is -1.79. The van der Waals surface area contributed by atoms with Crippen molar-refractivity contribution >= 4 is 27.3 Å². The van der Waals surface area contributed by atoms with Crippen molar-refractivity contribution in [3.05, 3.63) is 53.2 Å². The summed E-state index contributed by atoms with van der Waals surface area (Å²) in [6, 6.07) is 10.00. The maximum atomic E-state index is 13.5. The lowest BCUT2D eigenvalue weighted by Gasteiger charge is -2.19. The Morgan fingerprint density at radius 3 is 2.67 bits per heavy atom. The second-order valence-electron chi connectivity index (χ2n) is 6.47. The number of aliphatic imine (C=N–C) groups is 1. The molecular weight excluding hydrogens is 387 g/mol. The molecule has 1 aliphatic carbocycles. The normalized spacial score (nSPS) is 16.1. The predicted molar refractivity (Wildman–Crippen MR) is 106 cm³/mol. The molecular formula is C18H23FN4O2S2. The highest BCUT2D eigenvalue weighted by molar-refractivity contribution is 7.91. The minimum atomic E-state index is -3.45. The van der Waals surface area contributed by atoms with E-state index in [1.807, 2.05) is 6.07 Å². The van der Waals surface area contributed by atoms with E-state index in [4.69, 9.17) is 0 Å². The molecule has 1 aromatic heterocycles. The molecule has 0 bridgehead atoms. The van der Waals surface area contributed by atoms with E-state index in [1.165, 1.54) is 17.4 Å². The number of hydrogen-bond donors (Lipinski definition) is 3. The molecule has 1 aliphatic rings. The van der Waals surface area contributed by atoms with E-state index in [2.05, 4.69) is 20.3 Å². The minimum Gasteiger partial charge on any atom is -0.356 e. The van der Waals surface area contributed by atoms with E-state index < -0.39 is 10.0 Å². The summed E-state index contributed by atoms with van der Waals surface area (Å²) in [5.41, 5.74) is 0.940. The van der Waals surface area contributed by atoms with Crippen LogP contribution in [-0.2, 0) is 15.4 Å². The number of hydrogen-bond acceptors (Lipinski definition) is 4. The van der Waals surface area contributed by atoms with Crippen LogP contribution >= 0.6 is 11.3 Å². The van der Waals surface area contributed by atoms with Crippen LogP contribution in [0, 0.1) is 5.82 Å². The van der Waals surface area contributed by atoms with E-state index in [-0.39, 0.29) is 17.8 Å². The van der Waals surface area contributed by atoms with Gasteiger partial charge in [0.2, 0.25) is 10.0 Å².